The van der Waals surface area contributed by atoms with Gasteiger partial charge in [-0.25, -0.2) is 4.39 Å². The molecule has 19 heavy (non-hydrogen) atoms. The molecule has 0 aliphatic carbocycles. The van der Waals surface area contributed by atoms with Crippen molar-refractivity contribution in [2.75, 3.05) is 0 Å². The first-order valence-corrected chi connectivity index (χ1v) is 6.37. The van der Waals surface area contributed by atoms with Crippen molar-refractivity contribution in [2.45, 2.75) is 6.61 Å². The van der Waals surface area contributed by atoms with E-state index in [-0.39, 0.29) is 18.3 Å². The molecule has 0 unspecified atom stereocenters. The number of hydrogen-bond donors (Lipinski definition) is 2. The molecule has 2 rings (SSSR count). The normalized spacial score (nSPS) is 10.2. The Bertz CT molecular complexity index is 616. The molecule has 3 N–H and O–H groups in total. The smallest absolute Gasteiger partial charge is 0.136 e. The number of hydrogen-bond acceptors (Lipinski definition) is 2. The lowest BCUT2D eigenvalue weighted by Crippen LogP contribution is -2.14. The zero-order valence-corrected chi connectivity index (χ0v) is 11.6. The van der Waals surface area contributed by atoms with E-state index in [1.165, 1.54) is 12.1 Å². The monoisotopic (exact) mass is 322 g/mol. The van der Waals surface area contributed by atoms with E-state index < -0.39 is 0 Å². The van der Waals surface area contributed by atoms with Gasteiger partial charge in [0.15, 0.2) is 0 Å². The van der Waals surface area contributed by atoms with Gasteiger partial charge in [0.1, 0.15) is 24.0 Å². The number of nitrogens with two attached hydrogens (primary N) is 1. The Labute approximate surface area is 118 Å². The fourth-order valence-corrected chi connectivity index (χ4v) is 2.01. The van der Waals surface area contributed by atoms with Crippen molar-refractivity contribution >= 4 is 21.8 Å². The second-order valence-corrected chi connectivity index (χ2v) is 4.79. The molecule has 0 aliphatic heterocycles. The highest BCUT2D eigenvalue weighted by atomic mass is 79.9. The van der Waals surface area contributed by atoms with Crippen LogP contribution in [0.3, 0.4) is 0 Å². The largest absolute Gasteiger partial charge is 0.488 e. The van der Waals surface area contributed by atoms with Crippen LogP contribution in [0.4, 0.5) is 4.39 Å². The van der Waals surface area contributed by atoms with Gasteiger partial charge in [0, 0.05) is 17.2 Å². The Kier molecular flexibility index (Phi) is 4.16. The molecule has 98 valence electrons. The maximum atomic E-state index is 13.1. The van der Waals surface area contributed by atoms with E-state index in [2.05, 4.69) is 15.9 Å². The lowest BCUT2D eigenvalue weighted by atomic mass is 10.1. The highest BCUT2D eigenvalue weighted by Crippen LogP contribution is 2.26. The zero-order chi connectivity index (χ0) is 13.8. The van der Waals surface area contributed by atoms with E-state index in [1.54, 1.807) is 18.2 Å². The summed E-state index contributed by atoms with van der Waals surface area (Å²) in [7, 11) is 0. The van der Waals surface area contributed by atoms with Crippen LogP contribution in [0.25, 0.3) is 0 Å². The second-order valence-electron chi connectivity index (χ2n) is 3.93. The highest BCUT2D eigenvalue weighted by molar-refractivity contribution is 9.10. The Morgan fingerprint density at radius 1 is 1.26 bits per heavy atom. The van der Waals surface area contributed by atoms with Crippen LogP contribution < -0.4 is 10.5 Å². The van der Waals surface area contributed by atoms with Gasteiger partial charge in [-0.15, -0.1) is 0 Å². The van der Waals surface area contributed by atoms with Crippen LogP contribution in [0.5, 0.6) is 5.75 Å². The van der Waals surface area contributed by atoms with E-state index in [9.17, 15) is 4.39 Å². The summed E-state index contributed by atoms with van der Waals surface area (Å²) in [6, 6.07) is 11.5. The minimum absolute atomic E-state index is 0.0162. The number of ether oxygens (including phenoxy) is 1. The standard InChI is InChI=1S/C14H12BrFN2O/c15-12-6-5-10(16)7-13(12)19-8-9-3-1-2-4-11(9)14(17)18/h1-7H,8H2,(H3,17,18). The van der Waals surface area contributed by atoms with E-state index in [4.69, 9.17) is 15.9 Å². The van der Waals surface area contributed by atoms with Crippen molar-refractivity contribution in [1.82, 2.24) is 0 Å². The predicted molar refractivity (Wildman–Crippen MR) is 75.9 cm³/mol. The lowest BCUT2D eigenvalue weighted by Gasteiger charge is -2.11. The van der Waals surface area contributed by atoms with E-state index in [0.29, 0.717) is 15.8 Å². The molecule has 0 aromatic heterocycles. The molecular formula is C14H12BrFN2O. The summed E-state index contributed by atoms with van der Waals surface area (Å²) in [6.45, 7) is 0.220. The molecule has 0 atom stereocenters. The maximum absolute atomic E-state index is 13.1. The first kappa shape index (κ1) is 13.5. The van der Waals surface area contributed by atoms with Crippen molar-refractivity contribution in [3.63, 3.8) is 0 Å². The summed E-state index contributed by atoms with van der Waals surface area (Å²) in [5.41, 5.74) is 6.90. The van der Waals surface area contributed by atoms with Crippen LogP contribution in [-0.2, 0) is 6.61 Å². The second kappa shape index (κ2) is 5.84. The number of amidine groups is 1. The summed E-state index contributed by atoms with van der Waals surface area (Å²) in [5, 5.41) is 7.49. The third-order valence-corrected chi connectivity index (χ3v) is 3.24. The van der Waals surface area contributed by atoms with E-state index in [1.807, 2.05) is 12.1 Å². The van der Waals surface area contributed by atoms with E-state index in [0.717, 1.165) is 5.56 Å². The molecule has 2 aromatic carbocycles. The molecule has 0 heterocycles. The van der Waals surface area contributed by atoms with Crippen LogP contribution >= 0.6 is 15.9 Å². The molecule has 0 saturated carbocycles. The van der Waals surface area contributed by atoms with Crippen molar-refractivity contribution in [3.8, 4) is 5.75 Å². The quantitative estimate of drug-likeness (QED) is 0.669. The molecule has 0 spiro atoms. The predicted octanol–water partition coefficient (Wildman–Crippen LogP) is 3.45. The number of halogens is 2. The zero-order valence-electron chi connectivity index (χ0n) is 9.99. The summed E-state index contributed by atoms with van der Waals surface area (Å²) < 4.78 is 19.4. The molecular weight excluding hydrogens is 311 g/mol. The molecule has 0 fully saturated rings. The molecule has 0 saturated heterocycles. The van der Waals surface area contributed by atoms with Crippen molar-refractivity contribution in [2.24, 2.45) is 5.73 Å². The lowest BCUT2D eigenvalue weighted by molar-refractivity contribution is 0.302. The molecule has 3 nitrogen and oxygen atoms in total. The van der Waals surface area contributed by atoms with Gasteiger partial charge in [0.05, 0.1) is 4.47 Å². The van der Waals surface area contributed by atoms with Crippen LogP contribution in [0.2, 0.25) is 0 Å². The molecule has 5 heteroatoms. The Morgan fingerprint density at radius 3 is 2.74 bits per heavy atom. The van der Waals surface area contributed by atoms with E-state index >= 15 is 0 Å². The SMILES string of the molecule is N=C(N)c1ccccc1COc1cc(F)ccc1Br. The van der Waals surface area contributed by atoms with Gasteiger partial charge in [-0.05, 0) is 28.1 Å². The first-order valence-electron chi connectivity index (χ1n) is 5.58. The fourth-order valence-electron chi connectivity index (χ4n) is 1.65. The average Bonchev–Trinajstić information content (AvgIpc) is 2.40. The third-order valence-electron chi connectivity index (χ3n) is 2.58. The van der Waals surface area contributed by atoms with Gasteiger partial charge in [0.25, 0.3) is 0 Å². The minimum Gasteiger partial charge on any atom is -0.488 e. The van der Waals surface area contributed by atoms with Gasteiger partial charge >= 0.3 is 0 Å². The fraction of sp³-hybridized carbons (Fsp3) is 0.0714. The van der Waals surface area contributed by atoms with Gasteiger partial charge in [-0.2, -0.15) is 0 Å². The summed E-state index contributed by atoms with van der Waals surface area (Å²) in [4.78, 5) is 0. The Morgan fingerprint density at radius 2 is 2.00 bits per heavy atom. The average molecular weight is 323 g/mol. The van der Waals surface area contributed by atoms with Crippen LogP contribution in [0, 0.1) is 11.2 Å². The highest BCUT2D eigenvalue weighted by Gasteiger charge is 2.07. The third kappa shape index (κ3) is 3.32. The topological polar surface area (TPSA) is 59.1 Å². The molecule has 0 bridgehead atoms. The van der Waals surface area contributed by atoms with Crippen LogP contribution in [-0.4, -0.2) is 5.84 Å². The van der Waals surface area contributed by atoms with Crippen LogP contribution in [0.15, 0.2) is 46.9 Å². The summed E-state index contributed by atoms with van der Waals surface area (Å²) in [6.07, 6.45) is 0. The number of rotatable bonds is 4. The summed E-state index contributed by atoms with van der Waals surface area (Å²) >= 11 is 3.29. The maximum Gasteiger partial charge on any atom is 0.136 e. The number of benzene rings is 2. The van der Waals surface area contributed by atoms with Gasteiger partial charge in [-0.1, -0.05) is 24.3 Å². The first-order chi connectivity index (χ1) is 9.08. The molecule has 0 radical (unpaired) electrons. The number of nitrogen functional groups attached to an aromatic ring is 1. The summed E-state index contributed by atoms with van der Waals surface area (Å²) in [5.74, 6) is 0.0360. The Balaban J connectivity index is 2.19. The Hall–Kier alpha value is -1.88. The van der Waals surface area contributed by atoms with Crippen molar-refractivity contribution in [1.29, 1.82) is 5.41 Å². The van der Waals surface area contributed by atoms with Gasteiger partial charge in [-0.3, -0.25) is 5.41 Å². The molecule has 2 aromatic rings. The molecule has 0 amide bonds. The van der Waals surface area contributed by atoms with Crippen molar-refractivity contribution < 1.29 is 9.13 Å². The van der Waals surface area contributed by atoms with Gasteiger partial charge in [0.2, 0.25) is 0 Å². The van der Waals surface area contributed by atoms with Crippen molar-refractivity contribution in [3.05, 3.63) is 63.9 Å². The van der Waals surface area contributed by atoms with Gasteiger partial charge < -0.3 is 10.5 Å². The molecule has 0 aliphatic rings. The van der Waals surface area contributed by atoms with Crippen LogP contribution in [0.1, 0.15) is 11.1 Å². The minimum atomic E-state index is -0.363. The number of nitrogens with one attached hydrogen (secondary N) is 1.